The molecule has 2 heterocycles. The number of carbonyl (C=O) groups excluding carboxylic acids is 1. The number of likely N-dealkylation sites (tertiary alicyclic amines) is 1. The smallest absolute Gasteiger partial charge is 0.253 e. The van der Waals surface area contributed by atoms with Crippen LogP contribution < -0.4 is 5.32 Å². The zero-order valence-electron chi connectivity index (χ0n) is 11.9. The van der Waals surface area contributed by atoms with E-state index in [4.69, 9.17) is 11.6 Å². The Balaban J connectivity index is 1.68. The van der Waals surface area contributed by atoms with Crippen LogP contribution in [0.15, 0.2) is 18.2 Å². The highest BCUT2D eigenvalue weighted by Crippen LogP contribution is 2.37. The van der Waals surface area contributed by atoms with Crippen LogP contribution in [0.5, 0.6) is 0 Å². The van der Waals surface area contributed by atoms with Crippen LogP contribution in [-0.2, 0) is 0 Å². The second-order valence-electron chi connectivity index (χ2n) is 6.18. The van der Waals surface area contributed by atoms with E-state index in [-0.39, 0.29) is 5.91 Å². The van der Waals surface area contributed by atoms with Crippen molar-refractivity contribution in [1.29, 1.82) is 0 Å². The molecular formula is C16H21ClN2O. The molecule has 0 atom stereocenters. The topological polar surface area (TPSA) is 32.3 Å². The Morgan fingerprint density at radius 3 is 2.65 bits per heavy atom. The van der Waals surface area contributed by atoms with E-state index in [1.165, 1.54) is 6.42 Å². The maximum atomic E-state index is 12.5. The summed E-state index contributed by atoms with van der Waals surface area (Å²) in [4.78, 5) is 14.5. The summed E-state index contributed by atoms with van der Waals surface area (Å²) in [6.07, 6.45) is 3.51. The third-order valence-electron chi connectivity index (χ3n) is 4.85. The SMILES string of the molecule is Cc1cc(C(=O)N2CCC3(CCNC3)CC2)ccc1Cl. The Kier molecular flexibility index (Phi) is 3.74. The first-order valence-corrected chi connectivity index (χ1v) is 7.74. The second kappa shape index (κ2) is 5.38. The van der Waals surface area contributed by atoms with Crippen molar-refractivity contribution in [2.45, 2.75) is 26.2 Å². The van der Waals surface area contributed by atoms with Gasteiger partial charge in [0, 0.05) is 30.2 Å². The number of nitrogens with zero attached hydrogens (tertiary/aromatic N) is 1. The molecule has 1 aromatic rings. The number of halogens is 1. The fraction of sp³-hybridized carbons (Fsp3) is 0.562. The first-order valence-electron chi connectivity index (χ1n) is 7.36. The number of aryl methyl sites for hydroxylation is 1. The molecule has 1 spiro atoms. The Morgan fingerprint density at radius 1 is 1.30 bits per heavy atom. The third kappa shape index (κ3) is 2.57. The van der Waals surface area contributed by atoms with Gasteiger partial charge < -0.3 is 10.2 Å². The lowest BCUT2D eigenvalue weighted by atomic mass is 9.78. The molecule has 0 saturated carbocycles. The summed E-state index contributed by atoms with van der Waals surface area (Å²) < 4.78 is 0. The first kappa shape index (κ1) is 13.9. The molecule has 3 nitrogen and oxygen atoms in total. The minimum absolute atomic E-state index is 0.144. The van der Waals surface area contributed by atoms with Crippen molar-refractivity contribution in [2.24, 2.45) is 5.41 Å². The Bertz CT molecular complexity index is 513. The van der Waals surface area contributed by atoms with Gasteiger partial charge in [-0.1, -0.05) is 11.6 Å². The number of hydrogen-bond donors (Lipinski definition) is 1. The maximum Gasteiger partial charge on any atom is 0.253 e. The van der Waals surface area contributed by atoms with Gasteiger partial charge >= 0.3 is 0 Å². The minimum Gasteiger partial charge on any atom is -0.339 e. The van der Waals surface area contributed by atoms with Gasteiger partial charge in [-0.3, -0.25) is 4.79 Å². The summed E-state index contributed by atoms with van der Waals surface area (Å²) in [7, 11) is 0. The van der Waals surface area contributed by atoms with E-state index in [9.17, 15) is 4.79 Å². The number of hydrogen-bond acceptors (Lipinski definition) is 2. The highest BCUT2D eigenvalue weighted by atomic mass is 35.5. The summed E-state index contributed by atoms with van der Waals surface area (Å²) in [5, 5.41) is 4.17. The summed E-state index contributed by atoms with van der Waals surface area (Å²) in [6.45, 7) is 5.94. The van der Waals surface area contributed by atoms with Gasteiger partial charge in [0.05, 0.1) is 0 Å². The number of benzene rings is 1. The van der Waals surface area contributed by atoms with Crippen molar-refractivity contribution < 1.29 is 4.79 Å². The highest BCUT2D eigenvalue weighted by molar-refractivity contribution is 6.31. The predicted molar refractivity (Wildman–Crippen MR) is 81.2 cm³/mol. The molecule has 108 valence electrons. The Morgan fingerprint density at radius 2 is 2.05 bits per heavy atom. The molecule has 0 bridgehead atoms. The van der Waals surface area contributed by atoms with Crippen molar-refractivity contribution in [2.75, 3.05) is 26.2 Å². The fourth-order valence-corrected chi connectivity index (χ4v) is 3.48. The zero-order valence-corrected chi connectivity index (χ0v) is 12.7. The molecular weight excluding hydrogens is 272 g/mol. The van der Waals surface area contributed by atoms with Crippen LogP contribution in [0.1, 0.15) is 35.2 Å². The van der Waals surface area contributed by atoms with E-state index in [2.05, 4.69) is 5.32 Å². The summed E-state index contributed by atoms with van der Waals surface area (Å²) in [5.41, 5.74) is 2.17. The van der Waals surface area contributed by atoms with Crippen LogP contribution in [0.2, 0.25) is 5.02 Å². The highest BCUT2D eigenvalue weighted by Gasteiger charge is 2.38. The predicted octanol–water partition coefficient (Wildman–Crippen LogP) is 2.86. The van der Waals surface area contributed by atoms with E-state index >= 15 is 0 Å². The average Bonchev–Trinajstić information content (AvgIpc) is 2.90. The molecule has 2 fully saturated rings. The molecule has 3 rings (SSSR count). The van der Waals surface area contributed by atoms with E-state index in [1.54, 1.807) is 0 Å². The summed E-state index contributed by atoms with van der Waals surface area (Å²) in [6, 6.07) is 5.54. The van der Waals surface area contributed by atoms with Crippen LogP contribution in [-0.4, -0.2) is 37.0 Å². The molecule has 1 aromatic carbocycles. The molecule has 2 saturated heterocycles. The number of carbonyl (C=O) groups is 1. The molecule has 0 aliphatic carbocycles. The van der Waals surface area contributed by atoms with Gasteiger partial charge in [-0.05, 0) is 61.9 Å². The van der Waals surface area contributed by atoms with E-state index in [0.29, 0.717) is 5.41 Å². The number of rotatable bonds is 1. The normalized spacial score (nSPS) is 21.4. The molecule has 0 unspecified atom stereocenters. The molecule has 1 amide bonds. The van der Waals surface area contributed by atoms with Crippen molar-refractivity contribution in [3.05, 3.63) is 34.3 Å². The van der Waals surface area contributed by atoms with Gasteiger partial charge in [-0.15, -0.1) is 0 Å². The largest absolute Gasteiger partial charge is 0.339 e. The lowest BCUT2D eigenvalue weighted by molar-refractivity contribution is 0.0607. The Labute approximate surface area is 125 Å². The van der Waals surface area contributed by atoms with Gasteiger partial charge in [0.2, 0.25) is 0 Å². The van der Waals surface area contributed by atoms with Crippen molar-refractivity contribution in [3.63, 3.8) is 0 Å². The van der Waals surface area contributed by atoms with Crippen LogP contribution in [0.25, 0.3) is 0 Å². The second-order valence-corrected chi connectivity index (χ2v) is 6.59. The van der Waals surface area contributed by atoms with E-state index in [0.717, 1.165) is 55.2 Å². The van der Waals surface area contributed by atoms with Crippen molar-refractivity contribution >= 4 is 17.5 Å². The first-order chi connectivity index (χ1) is 9.60. The molecule has 4 heteroatoms. The van der Waals surface area contributed by atoms with Gasteiger partial charge in [0.15, 0.2) is 0 Å². The van der Waals surface area contributed by atoms with Gasteiger partial charge in [-0.25, -0.2) is 0 Å². The maximum absolute atomic E-state index is 12.5. The third-order valence-corrected chi connectivity index (χ3v) is 5.27. The van der Waals surface area contributed by atoms with Crippen LogP contribution >= 0.6 is 11.6 Å². The molecule has 2 aliphatic heterocycles. The van der Waals surface area contributed by atoms with Crippen molar-refractivity contribution in [1.82, 2.24) is 10.2 Å². The molecule has 0 radical (unpaired) electrons. The average molecular weight is 293 g/mol. The van der Waals surface area contributed by atoms with Gasteiger partial charge in [-0.2, -0.15) is 0 Å². The minimum atomic E-state index is 0.144. The standard InChI is InChI=1S/C16H21ClN2O/c1-12-10-13(2-3-14(12)17)15(20)19-8-5-16(6-9-19)4-7-18-11-16/h2-3,10,18H,4-9,11H2,1H3. The number of piperidine rings is 1. The molecule has 1 N–H and O–H groups in total. The van der Waals surface area contributed by atoms with Crippen LogP contribution in [0.4, 0.5) is 0 Å². The lowest BCUT2D eigenvalue weighted by Crippen LogP contribution is -2.44. The number of nitrogens with one attached hydrogen (secondary N) is 1. The Hall–Kier alpha value is -1.06. The van der Waals surface area contributed by atoms with Crippen molar-refractivity contribution in [3.8, 4) is 0 Å². The zero-order chi connectivity index (χ0) is 14.2. The number of amides is 1. The van der Waals surface area contributed by atoms with Gasteiger partial charge in [0.25, 0.3) is 5.91 Å². The van der Waals surface area contributed by atoms with E-state index < -0.39 is 0 Å². The summed E-state index contributed by atoms with van der Waals surface area (Å²) in [5.74, 6) is 0.144. The molecule has 20 heavy (non-hydrogen) atoms. The van der Waals surface area contributed by atoms with Crippen LogP contribution in [0, 0.1) is 12.3 Å². The van der Waals surface area contributed by atoms with Crippen LogP contribution in [0.3, 0.4) is 0 Å². The quantitative estimate of drug-likeness (QED) is 0.863. The monoisotopic (exact) mass is 292 g/mol. The van der Waals surface area contributed by atoms with Gasteiger partial charge in [0.1, 0.15) is 0 Å². The van der Waals surface area contributed by atoms with E-state index in [1.807, 2.05) is 30.0 Å². The lowest BCUT2D eigenvalue weighted by Gasteiger charge is -2.39. The molecule has 2 aliphatic rings. The fourth-order valence-electron chi connectivity index (χ4n) is 3.37. The molecule has 0 aromatic heterocycles. The summed E-state index contributed by atoms with van der Waals surface area (Å²) >= 11 is 6.02.